The number of ketones is 1. The Labute approximate surface area is 192 Å². The zero-order valence-corrected chi connectivity index (χ0v) is 18.4. The summed E-state index contributed by atoms with van der Waals surface area (Å²) < 4.78 is 5.11. The number of nitrogens with zero attached hydrogens (tertiary/aromatic N) is 3. The first-order valence-electron chi connectivity index (χ1n) is 10.1. The molecule has 3 aromatic rings. The number of carbonyl (C=O) groups excluding carboxylic acids is 3. The van der Waals surface area contributed by atoms with E-state index in [4.69, 9.17) is 4.74 Å². The smallest absolute Gasteiger partial charge is 0.311 e. The normalized spacial score (nSPS) is 15.5. The lowest BCUT2D eigenvalue weighted by molar-refractivity contribution is -0.384. The van der Waals surface area contributed by atoms with Crippen LogP contribution in [0, 0.1) is 23.0 Å². The SMILES string of the molecule is Cc1ccc(-c2csc(N3C[C@H](C(=O)OCC(=O)c4cccc([N+](=O)[O-])c4)CC3=O)n2)cc1. The number of esters is 1. The van der Waals surface area contributed by atoms with Crippen molar-refractivity contribution in [1.82, 2.24) is 4.98 Å². The molecule has 0 saturated carbocycles. The number of Topliss-reactive ketones (excluding diaryl/α,β-unsaturated/α-hetero) is 1. The van der Waals surface area contributed by atoms with Crippen LogP contribution in [0.5, 0.6) is 0 Å². The summed E-state index contributed by atoms with van der Waals surface area (Å²) in [4.78, 5) is 53.5. The van der Waals surface area contributed by atoms with Crippen LogP contribution in [0.1, 0.15) is 22.3 Å². The minimum Gasteiger partial charge on any atom is -0.457 e. The Kier molecular flexibility index (Phi) is 6.27. The molecule has 9 nitrogen and oxygen atoms in total. The van der Waals surface area contributed by atoms with Crippen molar-refractivity contribution in [3.63, 3.8) is 0 Å². The van der Waals surface area contributed by atoms with Crippen molar-refractivity contribution in [2.24, 2.45) is 5.92 Å². The highest BCUT2D eigenvalue weighted by Crippen LogP contribution is 2.32. The van der Waals surface area contributed by atoms with E-state index in [9.17, 15) is 24.5 Å². The highest BCUT2D eigenvalue weighted by molar-refractivity contribution is 7.14. The Balaban J connectivity index is 1.36. The van der Waals surface area contributed by atoms with E-state index in [0.717, 1.165) is 22.9 Å². The van der Waals surface area contributed by atoms with Gasteiger partial charge in [-0.1, -0.05) is 42.0 Å². The number of rotatable bonds is 7. The molecule has 0 bridgehead atoms. The number of aromatic nitrogens is 1. The maximum Gasteiger partial charge on any atom is 0.311 e. The van der Waals surface area contributed by atoms with E-state index in [0.29, 0.717) is 5.13 Å². The summed E-state index contributed by atoms with van der Waals surface area (Å²) in [6, 6.07) is 13.1. The fourth-order valence-electron chi connectivity index (χ4n) is 3.43. The van der Waals surface area contributed by atoms with E-state index in [1.807, 2.05) is 36.6 Å². The van der Waals surface area contributed by atoms with E-state index in [2.05, 4.69) is 4.98 Å². The van der Waals surface area contributed by atoms with Crippen molar-refractivity contribution >= 4 is 39.8 Å². The van der Waals surface area contributed by atoms with Crippen LogP contribution in [0.2, 0.25) is 0 Å². The predicted molar refractivity (Wildman–Crippen MR) is 121 cm³/mol. The summed E-state index contributed by atoms with van der Waals surface area (Å²) in [5.41, 5.74) is 2.67. The first kappa shape index (κ1) is 22.3. The van der Waals surface area contributed by atoms with Crippen LogP contribution >= 0.6 is 11.3 Å². The van der Waals surface area contributed by atoms with Crippen LogP contribution < -0.4 is 4.90 Å². The summed E-state index contributed by atoms with van der Waals surface area (Å²) in [5, 5.41) is 13.2. The third-order valence-corrected chi connectivity index (χ3v) is 6.12. The molecule has 1 aliphatic rings. The molecule has 10 heteroatoms. The maximum absolute atomic E-state index is 12.5. The lowest BCUT2D eigenvalue weighted by atomic mass is 10.1. The molecule has 1 atom stereocenters. The zero-order valence-electron chi connectivity index (χ0n) is 17.6. The molecule has 1 aromatic heterocycles. The summed E-state index contributed by atoms with van der Waals surface area (Å²) in [6.07, 6.45) is -0.0384. The van der Waals surface area contributed by atoms with E-state index in [1.165, 1.54) is 34.4 Å². The summed E-state index contributed by atoms with van der Waals surface area (Å²) in [6.45, 7) is 1.55. The predicted octanol–water partition coefficient (Wildman–Crippen LogP) is 3.81. The Bertz CT molecular complexity index is 1240. The van der Waals surface area contributed by atoms with Crippen molar-refractivity contribution in [3.05, 3.63) is 75.2 Å². The molecule has 1 aliphatic heterocycles. The third kappa shape index (κ3) is 4.96. The molecule has 2 heterocycles. The molecular formula is C23H19N3O6S. The molecule has 0 radical (unpaired) electrons. The first-order valence-corrected chi connectivity index (χ1v) is 11.0. The number of thiazole rings is 1. The minimum absolute atomic E-state index is 0.0384. The second-order valence-electron chi connectivity index (χ2n) is 7.63. The number of ether oxygens (including phenoxy) is 1. The zero-order chi connectivity index (χ0) is 23.5. The van der Waals surface area contributed by atoms with Gasteiger partial charge < -0.3 is 4.74 Å². The fourth-order valence-corrected chi connectivity index (χ4v) is 4.29. The van der Waals surface area contributed by atoms with E-state index in [-0.39, 0.29) is 30.1 Å². The van der Waals surface area contributed by atoms with Gasteiger partial charge in [-0.15, -0.1) is 11.3 Å². The molecule has 168 valence electrons. The van der Waals surface area contributed by atoms with Crippen LogP contribution in [0.3, 0.4) is 0 Å². The van der Waals surface area contributed by atoms with Gasteiger partial charge in [-0.25, -0.2) is 4.98 Å². The van der Waals surface area contributed by atoms with Crippen molar-refractivity contribution in [3.8, 4) is 11.3 Å². The quantitative estimate of drug-likeness (QED) is 0.225. The van der Waals surface area contributed by atoms with Gasteiger partial charge in [-0.3, -0.25) is 29.4 Å². The number of nitro groups is 1. The number of hydrogen-bond donors (Lipinski definition) is 0. The Morgan fingerprint density at radius 1 is 1.24 bits per heavy atom. The Morgan fingerprint density at radius 2 is 2.00 bits per heavy atom. The summed E-state index contributed by atoms with van der Waals surface area (Å²) in [5.74, 6) is -2.19. The van der Waals surface area contributed by atoms with E-state index >= 15 is 0 Å². The first-order chi connectivity index (χ1) is 15.8. The molecule has 0 spiro atoms. The van der Waals surface area contributed by atoms with Gasteiger partial charge in [0.05, 0.1) is 16.5 Å². The Hall–Kier alpha value is -3.92. The summed E-state index contributed by atoms with van der Waals surface area (Å²) in [7, 11) is 0. The molecule has 0 N–H and O–H groups in total. The lowest BCUT2D eigenvalue weighted by Crippen LogP contribution is -2.27. The van der Waals surface area contributed by atoms with Crippen molar-refractivity contribution in [2.75, 3.05) is 18.1 Å². The van der Waals surface area contributed by atoms with Gasteiger partial charge in [-0.2, -0.15) is 0 Å². The van der Waals surface area contributed by atoms with E-state index < -0.39 is 29.2 Å². The number of non-ortho nitro benzene ring substituents is 1. The molecule has 0 aliphatic carbocycles. The average molecular weight is 465 g/mol. The van der Waals surface area contributed by atoms with Crippen LogP contribution in [0.15, 0.2) is 53.9 Å². The molecule has 1 saturated heterocycles. The lowest BCUT2D eigenvalue weighted by Gasteiger charge is -2.12. The molecule has 0 unspecified atom stereocenters. The monoisotopic (exact) mass is 465 g/mol. The van der Waals surface area contributed by atoms with Crippen LogP contribution in [0.4, 0.5) is 10.8 Å². The van der Waals surface area contributed by atoms with Gasteiger partial charge in [0, 0.05) is 41.6 Å². The van der Waals surface area contributed by atoms with Crippen LogP contribution in [0.25, 0.3) is 11.3 Å². The summed E-state index contributed by atoms with van der Waals surface area (Å²) >= 11 is 1.32. The van der Waals surface area contributed by atoms with Crippen molar-refractivity contribution < 1.29 is 24.0 Å². The fraction of sp³-hybridized carbons (Fsp3) is 0.217. The number of benzene rings is 2. The molecule has 1 amide bonds. The van der Waals surface area contributed by atoms with Crippen molar-refractivity contribution in [2.45, 2.75) is 13.3 Å². The highest BCUT2D eigenvalue weighted by atomic mass is 32.1. The number of nitro benzene ring substituents is 1. The maximum atomic E-state index is 12.5. The Morgan fingerprint density at radius 3 is 2.73 bits per heavy atom. The van der Waals surface area contributed by atoms with Gasteiger partial charge >= 0.3 is 5.97 Å². The average Bonchev–Trinajstić information content (AvgIpc) is 3.44. The number of carbonyl (C=O) groups is 3. The third-order valence-electron chi connectivity index (χ3n) is 5.25. The largest absolute Gasteiger partial charge is 0.457 e. The second-order valence-corrected chi connectivity index (χ2v) is 8.46. The number of aryl methyl sites for hydroxylation is 1. The van der Waals surface area contributed by atoms with Gasteiger partial charge in [0.2, 0.25) is 11.7 Å². The minimum atomic E-state index is -0.720. The van der Waals surface area contributed by atoms with Crippen LogP contribution in [-0.2, 0) is 14.3 Å². The van der Waals surface area contributed by atoms with Gasteiger partial charge in [-0.05, 0) is 6.92 Å². The highest BCUT2D eigenvalue weighted by Gasteiger charge is 2.37. The number of amides is 1. The number of anilines is 1. The molecule has 4 rings (SSSR count). The molecule has 1 fully saturated rings. The van der Waals surface area contributed by atoms with E-state index in [1.54, 1.807) is 0 Å². The second kappa shape index (κ2) is 9.29. The molecular weight excluding hydrogens is 446 g/mol. The standard InChI is InChI=1S/C23H19N3O6S/c1-14-5-7-15(8-6-14)19-13-33-23(24-19)25-11-17(10-21(25)28)22(29)32-12-20(27)16-3-2-4-18(9-16)26(30)31/h2-9,13,17H,10-12H2,1H3/t17-/m1/s1. The number of hydrogen-bond acceptors (Lipinski definition) is 8. The molecule has 2 aromatic carbocycles. The molecule has 33 heavy (non-hydrogen) atoms. The van der Waals surface area contributed by atoms with Crippen LogP contribution in [-0.4, -0.2) is 40.7 Å². The van der Waals surface area contributed by atoms with Gasteiger partial charge in [0.25, 0.3) is 5.69 Å². The van der Waals surface area contributed by atoms with Gasteiger partial charge in [0.15, 0.2) is 11.7 Å². The van der Waals surface area contributed by atoms with Crippen molar-refractivity contribution in [1.29, 1.82) is 0 Å². The van der Waals surface area contributed by atoms with Gasteiger partial charge in [0.1, 0.15) is 0 Å². The topological polar surface area (TPSA) is 120 Å².